The van der Waals surface area contributed by atoms with E-state index in [0.29, 0.717) is 0 Å². The van der Waals surface area contributed by atoms with Crippen LogP contribution in [0, 0.1) is 0 Å². The van der Waals surface area contributed by atoms with E-state index in [1.165, 1.54) is 93.2 Å². The fourth-order valence-corrected chi connectivity index (χ4v) is 9.80. The lowest BCUT2D eigenvalue weighted by Crippen LogP contribution is -1.95. The average Bonchev–Trinajstić information content (AvgIpc) is 3.92. The van der Waals surface area contributed by atoms with Gasteiger partial charge in [-0.05, 0) is 123 Å². The summed E-state index contributed by atoms with van der Waals surface area (Å²) < 4.78 is 4.81. The molecule has 0 spiro atoms. The Balaban J connectivity index is 0.949. The van der Waals surface area contributed by atoms with Gasteiger partial charge in [0.1, 0.15) is 0 Å². The molecule has 1 aliphatic rings. The molecule has 0 aliphatic heterocycles. The van der Waals surface area contributed by atoms with E-state index >= 15 is 0 Å². The normalized spacial score (nSPS) is 12.1. The second-order valence-electron chi connectivity index (χ2n) is 15.6. The van der Waals surface area contributed by atoms with Gasteiger partial charge in [0.05, 0.1) is 33.3 Å². The van der Waals surface area contributed by atoms with Crippen molar-refractivity contribution in [2.24, 2.45) is 0 Å². The quantitative estimate of drug-likeness (QED) is 0.176. The van der Waals surface area contributed by atoms with Gasteiger partial charge in [0.15, 0.2) is 0 Å². The van der Waals surface area contributed by atoms with E-state index in [4.69, 9.17) is 4.98 Å². The van der Waals surface area contributed by atoms with Gasteiger partial charge in [-0.25, -0.2) is 4.98 Å². The van der Waals surface area contributed by atoms with Crippen LogP contribution in [0.15, 0.2) is 200 Å². The summed E-state index contributed by atoms with van der Waals surface area (Å²) in [6.45, 7) is 0. The van der Waals surface area contributed by atoms with Crippen LogP contribution in [0.4, 0.5) is 0 Å². The summed E-state index contributed by atoms with van der Waals surface area (Å²) in [7, 11) is 0. The topological polar surface area (TPSA) is 22.8 Å². The molecule has 0 saturated carbocycles. The van der Waals surface area contributed by atoms with Crippen molar-refractivity contribution in [2.75, 3.05) is 0 Å². The lowest BCUT2D eigenvalue weighted by molar-refractivity contribution is 1.17. The predicted octanol–water partition coefficient (Wildman–Crippen LogP) is 14.6. The predicted molar refractivity (Wildman–Crippen MR) is 243 cm³/mol. The maximum absolute atomic E-state index is 5.19. The van der Waals surface area contributed by atoms with E-state index in [2.05, 4.69) is 209 Å². The molecule has 0 radical (unpaired) electrons. The smallest absolute Gasteiger partial charge is 0.0722 e. The Hall–Kier alpha value is -7.75. The Labute approximate surface area is 334 Å². The average molecular weight is 736 g/mol. The SMILES string of the molecule is c1ccc(-n2c3ccc(-c4ccc5cc(-c6cc7c8c(cccc8n6)-c6ccccc6-7)ccc5c4)cc3c3cc(-n4c5ccccc5c5ccccc54)ccc32)cc1. The van der Waals surface area contributed by atoms with E-state index in [1.54, 1.807) is 0 Å². The molecule has 12 aromatic rings. The number of aromatic nitrogens is 3. The number of hydrogen-bond donors (Lipinski definition) is 0. The number of nitrogens with zero attached hydrogens (tertiary/aromatic N) is 3. The molecular formula is C55H33N3. The molecule has 58 heavy (non-hydrogen) atoms. The molecule has 3 heteroatoms. The summed E-state index contributed by atoms with van der Waals surface area (Å²) in [6.07, 6.45) is 0. The molecule has 0 N–H and O–H groups in total. The minimum absolute atomic E-state index is 1.00. The van der Waals surface area contributed by atoms with Crippen molar-refractivity contribution in [1.82, 2.24) is 14.1 Å². The summed E-state index contributed by atoms with van der Waals surface area (Å²) in [5, 5.41) is 8.66. The molecule has 3 aromatic heterocycles. The Bertz CT molecular complexity index is 3630. The molecule has 1 aliphatic carbocycles. The van der Waals surface area contributed by atoms with Crippen molar-refractivity contribution < 1.29 is 0 Å². The van der Waals surface area contributed by atoms with Crippen LogP contribution in [0.2, 0.25) is 0 Å². The number of benzene rings is 9. The number of pyridine rings is 1. The Morgan fingerprint density at radius 2 is 0.862 bits per heavy atom. The highest BCUT2D eigenvalue weighted by atomic mass is 15.0. The third-order valence-corrected chi connectivity index (χ3v) is 12.4. The second-order valence-corrected chi connectivity index (χ2v) is 15.6. The number of para-hydroxylation sites is 3. The van der Waals surface area contributed by atoms with E-state index in [0.717, 1.165) is 28.1 Å². The zero-order chi connectivity index (χ0) is 37.9. The first-order valence-electron chi connectivity index (χ1n) is 20.0. The maximum atomic E-state index is 5.19. The van der Waals surface area contributed by atoms with Gasteiger partial charge in [-0.3, -0.25) is 0 Å². The van der Waals surface area contributed by atoms with Gasteiger partial charge in [0, 0.05) is 43.9 Å². The van der Waals surface area contributed by atoms with Crippen molar-refractivity contribution in [3.63, 3.8) is 0 Å². The maximum Gasteiger partial charge on any atom is 0.0722 e. The van der Waals surface area contributed by atoms with Gasteiger partial charge in [-0.15, -0.1) is 0 Å². The molecular weight excluding hydrogens is 703 g/mol. The minimum atomic E-state index is 1.00. The van der Waals surface area contributed by atoms with Crippen molar-refractivity contribution in [1.29, 1.82) is 0 Å². The summed E-state index contributed by atoms with van der Waals surface area (Å²) in [5.74, 6) is 0. The molecule has 3 heterocycles. The number of fused-ring (bicyclic) bond motifs is 10. The molecule has 0 bridgehead atoms. The fourth-order valence-electron chi connectivity index (χ4n) is 9.80. The zero-order valence-electron chi connectivity index (χ0n) is 31.4. The molecule has 0 atom stereocenters. The van der Waals surface area contributed by atoms with Crippen molar-refractivity contribution in [3.05, 3.63) is 200 Å². The lowest BCUT2D eigenvalue weighted by Gasteiger charge is -2.10. The molecule has 0 fully saturated rings. The van der Waals surface area contributed by atoms with Gasteiger partial charge in [0.2, 0.25) is 0 Å². The van der Waals surface area contributed by atoms with Crippen molar-refractivity contribution in [2.45, 2.75) is 0 Å². The first-order chi connectivity index (χ1) is 28.7. The molecule has 13 rings (SSSR count). The highest BCUT2D eigenvalue weighted by Gasteiger charge is 2.23. The van der Waals surface area contributed by atoms with E-state index in [1.807, 2.05) is 0 Å². The third kappa shape index (κ3) is 4.47. The van der Waals surface area contributed by atoms with Crippen LogP contribution >= 0.6 is 0 Å². The van der Waals surface area contributed by atoms with Gasteiger partial charge in [-0.1, -0.05) is 121 Å². The van der Waals surface area contributed by atoms with E-state index in [9.17, 15) is 0 Å². The summed E-state index contributed by atoms with van der Waals surface area (Å²) in [4.78, 5) is 5.19. The second kappa shape index (κ2) is 11.9. The van der Waals surface area contributed by atoms with E-state index in [-0.39, 0.29) is 0 Å². The summed E-state index contributed by atoms with van der Waals surface area (Å²) in [5.41, 5.74) is 17.8. The first-order valence-corrected chi connectivity index (χ1v) is 20.0. The Morgan fingerprint density at radius 1 is 0.310 bits per heavy atom. The van der Waals surface area contributed by atoms with Gasteiger partial charge >= 0.3 is 0 Å². The van der Waals surface area contributed by atoms with Crippen LogP contribution in [-0.4, -0.2) is 14.1 Å². The van der Waals surface area contributed by atoms with Crippen LogP contribution in [0.5, 0.6) is 0 Å². The molecule has 0 saturated heterocycles. The summed E-state index contributed by atoms with van der Waals surface area (Å²) in [6, 6.07) is 73.2. The third-order valence-electron chi connectivity index (χ3n) is 12.4. The van der Waals surface area contributed by atoms with Crippen LogP contribution in [0.1, 0.15) is 0 Å². The van der Waals surface area contributed by atoms with Gasteiger partial charge < -0.3 is 9.13 Å². The Morgan fingerprint density at radius 3 is 1.64 bits per heavy atom. The summed E-state index contributed by atoms with van der Waals surface area (Å²) >= 11 is 0. The van der Waals surface area contributed by atoms with Crippen molar-refractivity contribution in [3.8, 4) is 56.0 Å². The first kappa shape index (κ1) is 31.5. The van der Waals surface area contributed by atoms with Crippen LogP contribution in [0.25, 0.3) is 121 Å². The van der Waals surface area contributed by atoms with Gasteiger partial charge in [0.25, 0.3) is 0 Å². The highest BCUT2D eigenvalue weighted by molar-refractivity contribution is 6.16. The van der Waals surface area contributed by atoms with Crippen LogP contribution < -0.4 is 0 Å². The minimum Gasteiger partial charge on any atom is -0.309 e. The van der Waals surface area contributed by atoms with E-state index < -0.39 is 0 Å². The van der Waals surface area contributed by atoms with Crippen LogP contribution in [-0.2, 0) is 0 Å². The standard InChI is InChI=1S/C55H33N3/c1-2-11-39(12-3-1)57-53-27-25-37(31-46(53)47-32-40(26-28-54(47)57)58-51-19-8-6-15-43(51)44-16-7-9-20-52(44)58)35-21-22-36-30-38(24-23-34(36)29-35)50-33-48-42-14-5-4-13-41(42)45-17-10-18-49(56-50)55(45)48/h1-33H. The largest absolute Gasteiger partial charge is 0.309 e. The molecule has 0 unspecified atom stereocenters. The van der Waals surface area contributed by atoms with Crippen molar-refractivity contribution >= 4 is 65.3 Å². The highest BCUT2D eigenvalue weighted by Crippen LogP contribution is 2.48. The molecule has 9 aromatic carbocycles. The fraction of sp³-hybridized carbons (Fsp3) is 0. The lowest BCUT2D eigenvalue weighted by atomic mass is 9.97. The molecule has 0 amide bonds. The molecule has 268 valence electrons. The number of rotatable bonds is 4. The monoisotopic (exact) mass is 735 g/mol. The Kier molecular flexibility index (Phi) is 6.44. The zero-order valence-corrected chi connectivity index (χ0v) is 31.4. The van der Waals surface area contributed by atoms with Gasteiger partial charge in [-0.2, -0.15) is 0 Å². The number of hydrogen-bond acceptors (Lipinski definition) is 1. The molecule has 3 nitrogen and oxygen atoms in total. The van der Waals surface area contributed by atoms with Crippen LogP contribution in [0.3, 0.4) is 0 Å².